The van der Waals surface area contributed by atoms with E-state index in [4.69, 9.17) is 28.3 Å². The van der Waals surface area contributed by atoms with Gasteiger partial charge in [0.05, 0.1) is 17.6 Å². The molecule has 1 fully saturated rings. The summed E-state index contributed by atoms with van der Waals surface area (Å²) in [6.45, 7) is 4.36. The number of rotatable bonds is 5. The summed E-state index contributed by atoms with van der Waals surface area (Å²) >= 11 is 12.6. The van der Waals surface area contributed by atoms with Crippen LogP contribution < -0.4 is 0 Å². The SMILES string of the molecule is CCC(CC)n1nc(C2CCCC2)c(CCl)c1Cl. The highest BCUT2D eigenvalue weighted by atomic mass is 35.5. The Hall–Kier alpha value is -0.210. The van der Waals surface area contributed by atoms with Crippen LogP contribution in [0.3, 0.4) is 0 Å². The molecule has 0 amide bonds. The molecule has 0 atom stereocenters. The summed E-state index contributed by atoms with van der Waals surface area (Å²) in [7, 11) is 0. The van der Waals surface area contributed by atoms with Crippen molar-refractivity contribution in [2.45, 2.75) is 70.2 Å². The number of nitrogens with zero attached hydrogens (tertiary/aromatic N) is 2. The Bertz CT molecular complexity index is 391. The van der Waals surface area contributed by atoms with Gasteiger partial charge < -0.3 is 0 Å². The molecule has 0 unspecified atom stereocenters. The zero-order valence-corrected chi connectivity index (χ0v) is 12.8. The predicted octanol–water partition coefficient (Wildman–Crippen LogP) is 5.29. The summed E-state index contributed by atoms with van der Waals surface area (Å²) in [6.07, 6.45) is 7.21. The number of alkyl halides is 1. The zero-order valence-electron chi connectivity index (χ0n) is 11.3. The summed E-state index contributed by atoms with van der Waals surface area (Å²) < 4.78 is 2.01. The summed E-state index contributed by atoms with van der Waals surface area (Å²) in [4.78, 5) is 0. The van der Waals surface area contributed by atoms with Crippen molar-refractivity contribution in [3.63, 3.8) is 0 Å². The molecule has 0 spiro atoms. The molecule has 2 rings (SSSR count). The zero-order chi connectivity index (χ0) is 13.1. The first-order valence-electron chi connectivity index (χ1n) is 7.05. The maximum absolute atomic E-state index is 6.48. The second kappa shape index (κ2) is 6.29. The molecule has 1 saturated carbocycles. The Kier molecular flexibility index (Phi) is 4.97. The van der Waals surface area contributed by atoms with Gasteiger partial charge in [0.25, 0.3) is 0 Å². The van der Waals surface area contributed by atoms with Gasteiger partial charge in [-0.25, -0.2) is 0 Å². The maximum atomic E-state index is 6.48. The molecule has 2 nitrogen and oxygen atoms in total. The van der Waals surface area contributed by atoms with Crippen LogP contribution in [0.2, 0.25) is 5.15 Å². The molecular weight excluding hydrogens is 267 g/mol. The van der Waals surface area contributed by atoms with E-state index in [1.54, 1.807) is 0 Å². The van der Waals surface area contributed by atoms with Crippen LogP contribution in [0.15, 0.2) is 0 Å². The molecule has 1 aliphatic carbocycles. The lowest BCUT2D eigenvalue weighted by atomic mass is 10.0. The molecule has 1 aromatic rings. The van der Waals surface area contributed by atoms with Gasteiger partial charge in [-0.15, -0.1) is 11.6 Å². The first-order valence-corrected chi connectivity index (χ1v) is 7.96. The third kappa shape index (κ3) is 2.55. The van der Waals surface area contributed by atoms with Crippen LogP contribution in [0.5, 0.6) is 0 Å². The number of aromatic nitrogens is 2. The summed E-state index contributed by atoms with van der Waals surface area (Å²) in [5.74, 6) is 1.05. The minimum absolute atomic E-state index is 0.398. The third-order valence-electron chi connectivity index (χ3n) is 4.14. The van der Waals surface area contributed by atoms with E-state index in [-0.39, 0.29) is 0 Å². The number of hydrogen-bond donors (Lipinski definition) is 0. The Morgan fingerprint density at radius 1 is 1.28 bits per heavy atom. The standard InChI is InChI=1S/C14H22Cl2N2/c1-3-11(4-2)18-14(16)12(9-15)13(17-18)10-7-5-6-8-10/h10-11H,3-9H2,1-2H3. The molecule has 102 valence electrons. The van der Waals surface area contributed by atoms with E-state index >= 15 is 0 Å². The van der Waals surface area contributed by atoms with Crippen LogP contribution in [-0.2, 0) is 5.88 Å². The quantitative estimate of drug-likeness (QED) is 0.673. The Labute approximate surface area is 120 Å². The second-order valence-electron chi connectivity index (χ2n) is 5.18. The van der Waals surface area contributed by atoms with Crippen LogP contribution in [0.25, 0.3) is 0 Å². The minimum atomic E-state index is 0.398. The van der Waals surface area contributed by atoms with Crippen molar-refractivity contribution in [3.05, 3.63) is 16.4 Å². The molecule has 18 heavy (non-hydrogen) atoms. The Morgan fingerprint density at radius 3 is 2.39 bits per heavy atom. The molecule has 0 N–H and O–H groups in total. The first-order chi connectivity index (χ1) is 8.72. The van der Waals surface area contributed by atoms with Crippen LogP contribution in [0, 0.1) is 0 Å². The molecular formula is C14H22Cl2N2. The van der Waals surface area contributed by atoms with Gasteiger partial charge in [0.2, 0.25) is 0 Å². The second-order valence-corrected chi connectivity index (χ2v) is 5.81. The Morgan fingerprint density at radius 2 is 1.89 bits per heavy atom. The van der Waals surface area contributed by atoms with Crippen molar-refractivity contribution in [2.24, 2.45) is 0 Å². The van der Waals surface area contributed by atoms with E-state index in [0.717, 1.165) is 23.6 Å². The van der Waals surface area contributed by atoms with Crippen molar-refractivity contribution in [3.8, 4) is 0 Å². The van der Waals surface area contributed by atoms with E-state index in [0.29, 0.717) is 17.8 Å². The van der Waals surface area contributed by atoms with Crippen molar-refractivity contribution in [1.82, 2.24) is 9.78 Å². The highest BCUT2D eigenvalue weighted by Crippen LogP contribution is 2.39. The molecule has 1 heterocycles. The van der Waals surface area contributed by atoms with Crippen molar-refractivity contribution in [2.75, 3.05) is 0 Å². The molecule has 0 aliphatic heterocycles. The average Bonchev–Trinajstić information content (AvgIpc) is 2.99. The van der Waals surface area contributed by atoms with Gasteiger partial charge in [-0.1, -0.05) is 38.3 Å². The van der Waals surface area contributed by atoms with Crippen molar-refractivity contribution < 1.29 is 0 Å². The highest BCUT2D eigenvalue weighted by molar-refractivity contribution is 6.31. The summed E-state index contributed by atoms with van der Waals surface area (Å²) in [5, 5.41) is 5.57. The van der Waals surface area contributed by atoms with Gasteiger partial charge in [-0.3, -0.25) is 4.68 Å². The molecule has 0 radical (unpaired) electrons. The molecule has 4 heteroatoms. The molecule has 0 aromatic carbocycles. The minimum Gasteiger partial charge on any atom is -0.250 e. The van der Waals surface area contributed by atoms with E-state index in [9.17, 15) is 0 Å². The van der Waals surface area contributed by atoms with Gasteiger partial charge in [0, 0.05) is 11.5 Å². The van der Waals surface area contributed by atoms with Gasteiger partial charge >= 0.3 is 0 Å². The average molecular weight is 289 g/mol. The van der Waals surface area contributed by atoms with Gasteiger partial charge in [-0.2, -0.15) is 5.10 Å². The Balaban J connectivity index is 2.37. The fourth-order valence-corrected chi connectivity index (χ4v) is 3.66. The van der Waals surface area contributed by atoms with Crippen LogP contribution in [-0.4, -0.2) is 9.78 Å². The normalized spacial score (nSPS) is 16.9. The van der Waals surface area contributed by atoms with Crippen LogP contribution >= 0.6 is 23.2 Å². The van der Waals surface area contributed by atoms with E-state index < -0.39 is 0 Å². The number of hydrogen-bond acceptors (Lipinski definition) is 1. The lowest BCUT2D eigenvalue weighted by molar-refractivity contribution is 0.423. The lowest BCUT2D eigenvalue weighted by Crippen LogP contribution is -2.09. The van der Waals surface area contributed by atoms with Crippen LogP contribution in [0.4, 0.5) is 0 Å². The molecule has 0 saturated heterocycles. The molecule has 1 aliphatic rings. The fraction of sp³-hybridized carbons (Fsp3) is 0.786. The maximum Gasteiger partial charge on any atom is 0.132 e. The summed E-state index contributed by atoms with van der Waals surface area (Å²) in [6, 6.07) is 0.398. The van der Waals surface area contributed by atoms with Gasteiger partial charge in [0.15, 0.2) is 0 Å². The molecule has 0 bridgehead atoms. The fourth-order valence-electron chi connectivity index (χ4n) is 2.99. The van der Waals surface area contributed by atoms with Crippen molar-refractivity contribution >= 4 is 23.2 Å². The molecule has 1 aromatic heterocycles. The largest absolute Gasteiger partial charge is 0.250 e. The van der Waals surface area contributed by atoms with E-state index in [1.165, 1.54) is 31.4 Å². The van der Waals surface area contributed by atoms with Gasteiger partial charge in [0.1, 0.15) is 5.15 Å². The van der Waals surface area contributed by atoms with Crippen LogP contribution in [0.1, 0.15) is 75.6 Å². The smallest absolute Gasteiger partial charge is 0.132 e. The lowest BCUT2D eigenvalue weighted by Gasteiger charge is -2.14. The van der Waals surface area contributed by atoms with Crippen molar-refractivity contribution in [1.29, 1.82) is 0 Å². The monoisotopic (exact) mass is 288 g/mol. The van der Waals surface area contributed by atoms with E-state index in [1.807, 2.05) is 4.68 Å². The topological polar surface area (TPSA) is 17.8 Å². The number of halogens is 2. The summed E-state index contributed by atoms with van der Waals surface area (Å²) in [5.41, 5.74) is 2.23. The third-order valence-corrected chi connectivity index (χ3v) is 4.81. The first kappa shape index (κ1) is 14.2. The van der Waals surface area contributed by atoms with E-state index in [2.05, 4.69) is 13.8 Å². The highest BCUT2D eigenvalue weighted by Gasteiger charge is 2.27. The van der Waals surface area contributed by atoms with Gasteiger partial charge in [-0.05, 0) is 25.7 Å². The predicted molar refractivity (Wildman–Crippen MR) is 77.6 cm³/mol.